The second-order valence-corrected chi connectivity index (χ2v) is 15.5. The Morgan fingerprint density at radius 3 is 1.95 bits per heavy atom. The molecule has 1 heterocycles. The van der Waals surface area contributed by atoms with Crippen LogP contribution in [0, 0.1) is 27.7 Å². The number of nitrogens with zero attached hydrogens (tertiary/aromatic N) is 2. The topological polar surface area (TPSA) is 37.4 Å². The number of quaternary nitrogens is 1. The van der Waals surface area contributed by atoms with Crippen molar-refractivity contribution in [2.24, 2.45) is 0 Å². The summed E-state index contributed by atoms with van der Waals surface area (Å²) in [5.74, 6) is 0. The van der Waals surface area contributed by atoms with Gasteiger partial charge < -0.3 is 4.48 Å². The number of unbranched alkanes of at least 4 members (excludes halogenated alkanes) is 1. The third kappa shape index (κ3) is 8.04. The Bertz CT molecular complexity index is 1640. The summed E-state index contributed by atoms with van der Waals surface area (Å²) in [5, 5.41) is 0. The van der Waals surface area contributed by atoms with E-state index < -0.39 is 10.0 Å². The smallest absolute Gasteiger partial charge is 0.243 e. The van der Waals surface area contributed by atoms with Gasteiger partial charge in [0.05, 0.1) is 18.0 Å². The first kappa shape index (κ1) is 31.6. The molecule has 0 radical (unpaired) electrons. The van der Waals surface area contributed by atoms with Gasteiger partial charge in [-0.15, -0.1) is 0 Å². The molecule has 4 aromatic carbocycles. The molecule has 0 saturated carbocycles. The van der Waals surface area contributed by atoms with Crippen LogP contribution in [0.15, 0.2) is 94.3 Å². The van der Waals surface area contributed by atoms with Gasteiger partial charge in [-0.3, -0.25) is 0 Å². The summed E-state index contributed by atoms with van der Waals surface area (Å²) in [6, 6.07) is 29.1. The van der Waals surface area contributed by atoms with Crippen molar-refractivity contribution in [1.82, 2.24) is 4.31 Å². The van der Waals surface area contributed by atoms with E-state index in [0.29, 0.717) is 18.0 Å². The first-order valence-electron chi connectivity index (χ1n) is 15.3. The van der Waals surface area contributed by atoms with E-state index in [2.05, 4.69) is 104 Å². The summed E-state index contributed by atoms with van der Waals surface area (Å²) in [6.07, 6.45) is 2.86. The van der Waals surface area contributed by atoms with Gasteiger partial charge >= 0.3 is 0 Å². The van der Waals surface area contributed by atoms with E-state index in [9.17, 15) is 8.42 Å². The lowest BCUT2D eigenvalue weighted by Gasteiger charge is -2.42. The van der Waals surface area contributed by atoms with Crippen LogP contribution in [-0.4, -0.2) is 36.8 Å². The van der Waals surface area contributed by atoms with Crippen molar-refractivity contribution in [3.63, 3.8) is 0 Å². The molecule has 0 bridgehead atoms. The largest absolute Gasteiger partial charge is 0.316 e. The van der Waals surface area contributed by atoms with Gasteiger partial charge in [0.25, 0.3) is 0 Å². The van der Waals surface area contributed by atoms with E-state index >= 15 is 0 Å². The number of fused-ring (bicyclic) bond motifs is 1. The Kier molecular flexibility index (Phi) is 9.92. The predicted molar refractivity (Wildman–Crippen MR) is 180 cm³/mol. The van der Waals surface area contributed by atoms with Crippen molar-refractivity contribution in [3.8, 4) is 0 Å². The fourth-order valence-corrected chi connectivity index (χ4v) is 8.58. The van der Waals surface area contributed by atoms with E-state index in [4.69, 9.17) is 0 Å². The zero-order chi connectivity index (χ0) is 30.6. The van der Waals surface area contributed by atoms with Crippen LogP contribution < -0.4 is 0 Å². The van der Waals surface area contributed by atoms with Crippen LogP contribution in [0.2, 0.25) is 0 Å². The number of benzene rings is 4. The minimum atomic E-state index is -3.65. The highest BCUT2D eigenvalue weighted by Crippen LogP contribution is 2.30. The van der Waals surface area contributed by atoms with Crippen molar-refractivity contribution in [1.29, 1.82) is 0 Å². The molecule has 43 heavy (non-hydrogen) atoms. The highest BCUT2D eigenvalue weighted by atomic mass is 79.9. The molecule has 226 valence electrons. The Hall–Kier alpha value is -2.77. The van der Waals surface area contributed by atoms with E-state index in [0.717, 1.165) is 71.1 Å². The third-order valence-electron chi connectivity index (χ3n) is 8.66. The summed E-state index contributed by atoms with van der Waals surface area (Å²) in [5.41, 5.74) is 10.3. The van der Waals surface area contributed by atoms with Crippen LogP contribution >= 0.6 is 15.9 Å². The lowest BCUT2D eigenvalue weighted by Crippen LogP contribution is -2.51. The number of sulfonamides is 1. The number of hydrogen-bond donors (Lipinski definition) is 0. The van der Waals surface area contributed by atoms with Gasteiger partial charge in [0, 0.05) is 35.1 Å². The van der Waals surface area contributed by atoms with Crippen LogP contribution in [0.3, 0.4) is 0 Å². The highest BCUT2D eigenvalue weighted by Gasteiger charge is 2.33. The van der Waals surface area contributed by atoms with Crippen molar-refractivity contribution in [2.75, 3.05) is 19.6 Å². The minimum absolute atomic E-state index is 0.339. The molecule has 0 N–H and O–H groups in total. The number of rotatable bonds is 11. The molecule has 0 fully saturated rings. The number of aryl methyl sites for hydroxylation is 4. The molecule has 1 aliphatic rings. The molecule has 5 rings (SSSR count). The van der Waals surface area contributed by atoms with Crippen molar-refractivity contribution < 1.29 is 12.9 Å². The van der Waals surface area contributed by atoms with Gasteiger partial charge in [0.15, 0.2) is 0 Å². The zero-order valence-corrected chi connectivity index (χ0v) is 28.3. The Morgan fingerprint density at radius 2 is 1.33 bits per heavy atom. The van der Waals surface area contributed by atoms with Crippen LogP contribution in [0.4, 0.5) is 0 Å². The number of hydrogen-bond acceptors (Lipinski definition) is 2. The molecule has 6 heteroatoms. The van der Waals surface area contributed by atoms with Gasteiger partial charge in [-0.25, -0.2) is 8.42 Å². The summed E-state index contributed by atoms with van der Waals surface area (Å²) in [6.45, 7) is 13.5. The van der Waals surface area contributed by atoms with E-state index in [1.165, 1.54) is 27.8 Å². The van der Waals surface area contributed by atoms with Gasteiger partial charge in [-0.1, -0.05) is 98.8 Å². The molecule has 0 aromatic heterocycles. The Balaban J connectivity index is 1.36. The molecular weight excluding hydrogens is 616 g/mol. The van der Waals surface area contributed by atoms with Crippen LogP contribution in [0.5, 0.6) is 0 Å². The van der Waals surface area contributed by atoms with Gasteiger partial charge in [0.2, 0.25) is 10.0 Å². The monoisotopic (exact) mass is 659 g/mol. The maximum Gasteiger partial charge on any atom is 0.243 e. The Labute approximate surface area is 267 Å². The van der Waals surface area contributed by atoms with Crippen LogP contribution in [-0.2, 0) is 36.1 Å². The summed E-state index contributed by atoms with van der Waals surface area (Å²) >= 11 is 3.44. The van der Waals surface area contributed by atoms with Crippen molar-refractivity contribution in [2.45, 2.75) is 71.5 Å². The summed E-state index contributed by atoms with van der Waals surface area (Å²) in [4.78, 5) is 0.339. The lowest BCUT2D eigenvalue weighted by molar-refractivity contribution is -0.955. The minimum Gasteiger partial charge on any atom is -0.316 e. The van der Waals surface area contributed by atoms with Gasteiger partial charge in [0.1, 0.15) is 13.1 Å². The molecule has 1 atom stereocenters. The highest BCUT2D eigenvalue weighted by molar-refractivity contribution is 9.10. The molecule has 0 aliphatic carbocycles. The van der Waals surface area contributed by atoms with Crippen LogP contribution in [0.25, 0.3) is 0 Å². The van der Waals surface area contributed by atoms with Crippen molar-refractivity contribution in [3.05, 3.63) is 134 Å². The van der Waals surface area contributed by atoms with Crippen molar-refractivity contribution >= 4 is 26.0 Å². The second-order valence-electron chi connectivity index (χ2n) is 12.6. The second kappa shape index (κ2) is 13.5. The van der Waals surface area contributed by atoms with E-state index in [1.54, 1.807) is 28.6 Å². The van der Waals surface area contributed by atoms with E-state index in [-0.39, 0.29) is 0 Å². The molecule has 0 saturated heterocycles. The SMILES string of the molecule is Cc1cc(C)cc(CN(CCCC[N+]2(Cc3cc(C)cc(C)c3)CCc3ccccc3C2)S(=O)(=O)c2ccc(Br)cc2)c1. The predicted octanol–water partition coefficient (Wildman–Crippen LogP) is 8.43. The molecule has 0 amide bonds. The third-order valence-corrected chi connectivity index (χ3v) is 11.0. The molecular formula is C37H44BrN2O2S+. The number of halogens is 1. The fourth-order valence-electron chi connectivity index (χ4n) is 6.85. The van der Waals surface area contributed by atoms with Gasteiger partial charge in [-0.05, 0) is 75.9 Å². The first-order valence-corrected chi connectivity index (χ1v) is 17.6. The average Bonchev–Trinajstić information content (AvgIpc) is 2.94. The molecule has 4 nitrogen and oxygen atoms in total. The molecule has 0 spiro atoms. The zero-order valence-electron chi connectivity index (χ0n) is 25.9. The maximum absolute atomic E-state index is 13.9. The molecule has 4 aromatic rings. The van der Waals surface area contributed by atoms with Gasteiger partial charge in [-0.2, -0.15) is 4.31 Å². The standard InChI is InChI=1S/C37H44BrN2O2S/c1-28-19-29(2)22-32(21-28)25-39(43(41,42)37-13-11-36(38)12-14-37)16-7-8-17-40(26-33-23-30(3)20-31(4)24-33)18-15-34-9-5-6-10-35(34)27-40/h5-6,9-14,19-24H,7-8,15-18,25-27H2,1-4H3/q+1. The quantitative estimate of drug-likeness (QED) is 0.120. The summed E-state index contributed by atoms with van der Waals surface area (Å²) < 4.78 is 31.4. The van der Waals surface area contributed by atoms with E-state index in [1.807, 2.05) is 0 Å². The first-order chi connectivity index (χ1) is 20.5. The maximum atomic E-state index is 13.9. The normalized spacial score (nSPS) is 16.8. The molecule has 1 aliphatic heterocycles. The average molecular weight is 661 g/mol. The lowest BCUT2D eigenvalue weighted by atomic mass is 9.95. The fraction of sp³-hybridized carbons (Fsp3) is 0.351. The summed E-state index contributed by atoms with van der Waals surface area (Å²) in [7, 11) is -3.65. The molecule has 1 unspecified atom stereocenters. The Morgan fingerprint density at radius 1 is 0.744 bits per heavy atom. The van der Waals surface area contributed by atoms with Crippen LogP contribution in [0.1, 0.15) is 57.3 Å².